The van der Waals surface area contributed by atoms with E-state index in [1.165, 1.54) is 24.3 Å². The topological polar surface area (TPSA) is 77.3 Å². The summed E-state index contributed by atoms with van der Waals surface area (Å²) < 4.78 is 23.9. The van der Waals surface area contributed by atoms with Gasteiger partial charge in [0, 0.05) is 18.1 Å². The zero-order chi connectivity index (χ0) is 21.6. The van der Waals surface area contributed by atoms with Gasteiger partial charge in [-0.15, -0.1) is 0 Å². The summed E-state index contributed by atoms with van der Waals surface area (Å²) in [6.45, 7) is 1.79. The summed E-state index contributed by atoms with van der Waals surface area (Å²) >= 11 is 0. The second-order valence-electron chi connectivity index (χ2n) is 6.99. The Bertz CT molecular complexity index is 1160. The van der Waals surface area contributed by atoms with Gasteiger partial charge in [-0.1, -0.05) is 17.3 Å². The Kier molecular flexibility index (Phi) is 6.03. The van der Waals surface area contributed by atoms with Gasteiger partial charge >= 0.3 is 0 Å². The Hall–Kier alpha value is -4.00. The van der Waals surface area contributed by atoms with Crippen LogP contribution in [0.15, 0.2) is 77.6 Å². The third-order valence-corrected chi connectivity index (χ3v) is 4.77. The molecule has 4 rings (SSSR count). The van der Waals surface area contributed by atoms with Gasteiger partial charge in [-0.05, 0) is 73.0 Å². The lowest BCUT2D eigenvalue weighted by Gasteiger charge is -2.08. The zero-order valence-electron chi connectivity index (χ0n) is 16.8. The standard InChI is InChI=1S/C24H20FN3O3/c1-16-22(15-30-21-8-4-19(25)5-9-21)23(28-31-16)24(29)27-20-6-2-17(3-7-20)14-18-10-12-26-13-11-18/h2-13H,14-15H2,1H3,(H,27,29). The summed E-state index contributed by atoms with van der Waals surface area (Å²) in [5.74, 6) is 0.231. The van der Waals surface area contributed by atoms with Crippen molar-refractivity contribution in [3.8, 4) is 5.75 Å². The number of amides is 1. The molecule has 4 aromatic rings. The summed E-state index contributed by atoms with van der Waals surface area (Å²) in [5.41, 5.74) is 3.62. The van der Waals surface area contributed by atoms with Gasteiger partial charge in [-0.25, -0.2) is 4.39 Å². The number of carbonyl (C=O) groups is 1. The Balaban J connectivity index is 1.41. The van der Waals surface area contributed by atoms with Gasteiger partial charge in [-0.3, -0.25) is 9.78 Å². The summed E-state index contributed by atoms with van der Waals surface area (Å²) in [5, 5.41) is 6.71. The Morgan fingerprint density at radius 1 is 1.00 bits per heavy atom. The molecule has 0 spiro atoms. The molecule has 156 valence electrons. The molecular formula is C24H20FN3O3. The van der Waals surface area contributed by atoms with Gasteiger partial charge in [0.2, 0.25) is 0 Å². The molecular weight excluding hydrogens is 397 g/mol. The number of nitrogens with one attached hydrogen (secondary N) is 1. The predicted molar refractivity (Wildman–Crippen MR) is 113 cm³/mol. The van der Waals surface area contributed by atoms with Crippen molar-refractivity contribution < 1.29 is 18.4 Å². The number of nitrogens with zero attached hydrogens (tertiary/aromatic N) is 2. The van der Waals surface area contributed by atoms with E-state index in [-0.39, 0.29) is 18.1 Å². The van der Waals surface area contributed by atoms with Crippen molar-refractivity contribution >= 4 is 11.6 Å². The summed E-state index contributed by atoms with van der Waals surface area (Å²) in [6.07, 6.45) is 4.31. The number of aromatic nitrogens is 2. The van der Waals surface area contributed by atoms with E-state index in [1.807, 2.05) is 36.4 Å². The van der Waals surface area contributed by atoms with Crippen LogP contribution in [0, 0.1) is 12.7 Å². The maximum absolute atomic E-state index is 13.0. The normalized spacial score (nSPS) is 10.6. The summed E-state index contributed by atoms with van der Waals surface area (Å²) in [4.78, 5) is 16.8. The van der Waals surface area contributed by atoms with Crippen LogP contribution in [-0.2, 0) is 13.0 Å². The molecule has 1 amide bonds. The molecule has 0 aliphatic carbocycles. The van der Waals surface area contributed by atoms with Crippen LogP contribution in [0.25, 0.3) is 0 Å². The minimum Gasteiger partial charge on any atom is -0.489 e. The lowest BCUT2D eigenvalue weighted by atomic mass is 10.1. The number of aryl methyl sites for hydroxylation is 1. The van der Waals surface area contributed by atoms with Crippen LogP contribution in [0.5, 0.6) is 5.75 Å². The molecule has 0 aliphatic rings. The second-order valence-corrected chi connectivity index (χ2v) is 6.99. The molecule has 6 nitrogen and oxygen atoms in total. The van der Waals surface area contributed by atoms with Crippen molar-refractivity contribution in [1.29, 1.82) is 0 Å². The van der Waals surface area contributed by atoms with Crippen LogP contribution in [0.3, 0.4) is 0 Å². The van der Waals surface area contributed by atoms with Crippen molar-refractivity contribution in [2.45, 2.75) is 20.0 Å². The molecule has 0 aliphatic heterocycles. The average Bonchev–Trinajstić information content (AvgIpc) is 3.16. The van der Waals surface area contributed by atoms with Crippen LogP contribution in [0.2, 0.25) is 0 Å². The average molecular weight is 417 g/mol. The van der Waals surface area contributed by atoms with Crippen molar-refractivity contribution in [2.75, 3.05) is 5.32 Å². The molecule has 0 saturated carbocycles. The molecule has 0 saturated heterocycles. The summed E-state index contributed by atoms with van der Waals surface area (Å²) in [7, 11) is 0. The Morgan fingerprint density at radius 3 is 2.39 bits per heavy atom. The summed E-state index contributed by atoms with van der Waals surface area (Å²) in [6, 6.07) is 17.2. The first-order valence-electron chi connectivity index (χ1n) is 9.71. The highest BCUT2D eigenvalue weighted by Crippen LogP contribution is 2.20. The number of carbonyl (C=O) groups excluding carboxylic acids is 1. The molecule has 0 bridgehead atoms. The third-order valence-electron chi connectivity index (χ3n) is 4.77. The van der Waals surface area contributed by atoms with Crippen molar-refractivity contribution in [1.82, 2.24) is 10.1 Å². The van der Waals surface area contributed by atoms with Crippen LogP contribution >= 0.6 is 0 Å². The molecule has 1 N–H and O–H groups in total. The maximum Gasteiger partial charge on any atom is 0.278 e. The molecule has 0 unspecified atom stereocenters. The fraction of sp³-hybridized carbons (Fsp3) is 0.125. The number of hydrogen-bond acceptors (Lipinski definition) is 5. The van der Waals surface area contributed by atoms with E-state index in [0.29, 0.717) is 22.8 Å². The van der Waals surface area contributed by atoms with E-state index >= 15 is 0 Å². The highest BCUT2D eigenvalue weighted by molar-refractivity contribution is 6.03. The SMILES string of the molecule is Cc1onc(C(=O)Nc2ccc(Cc3ccncc3)cc2)c1COc1ccc(F)cc1. The van der Waals surface area contributed by atoms with Crippen LogP contribution in [0.1, 0.15) is 32.9 Å². The van der Waals surface area contributed by atoms with E-state index in [9.17, 15) is 9.18 Å². The van der Waals surface area contributed by atoms with E-state index in [1.54, 1.807) is 19.3 Å². The number of anilines is 1. The highest BCUT2D eigenvalue weighted by atomic mass is 19.1. The molecule has 2 aromatic carbocycles. The number of rotatable bonds is 7. The molecule has 0 radical (unpaired) electrons. The van der Waals surface area contributed by atoms with E-state index < -0.39 is 5.91 Å². The first-order valence-corrected chi connectivity index (χ1v) is 9.71. The van der Waals surface area contributed by atoms with Crippen molar-refractivity contribution in [3.63, 3.8) is 0 Å². The van der Waals surface area contributed by atoms with Gasteiger partial charge in [0.05, 0.1) is 5.56 Å². The van der Waals surface area contributed by atoms with E-state index in [0.717, 1.165) is 17.5 Å². The monoisotopic (exact) mass is 417 g/mol. The number of hydrogen-bond donors (Lipinski definition) is 1. The van der Waals surface area contributed by atoms with Crippen LogP contribution in [-0.4, -0.2) is 16.0 Å². The smallest absolute Gasteiger partial charge is 0.278 e. The quantitative estimate of drug-likeness (QED) is 0.461. The molecule has 7 heteroatoms. The fourth-order valence-electron chi connectivity index (χ4n) is 3.06. The van der Waals surface area contributed by atoms with Crippen molar-refractivity contribution in [3.05, 3.63) is 107 Å². The van der Waals surface area contributed by atoms with Gasteiger partial charge in [0.1, 0.15) is 23.9 Å². The Labute approximate surface area is 178 Å². The predicted octanol–water partition coefficient (Wildman–Crippen LogP) is 4.94. The Morgan fingerprint density at radius 2 is 1.68 bits per heavy atom. The first-order chi connectivity index (χ1) is 15.1. The van der Waals surface area contributed by atoms with E-state index in [4.69, 9.17) is 9.26 Å². The van der Waals surface area contributed by atoms with Gasteiger partial charge in [-0.2, -0.15) is 0 Å². The van der Waals surface area contributed by atoms with Crippen LogP contribution < -0.4 is 10.1 Å². The second kappa shape index (κ2) is 9.21. The van der Waals surface area contributed by atoms with Gasteiger partial charge in [0.15, 0.2) is 5.69 Å². The zero-order valence-corrected chi connectivity index (χ0v) is 16.8. The van der Waals surface area contributed by atoms with Gasteiger partial charge < -0.3 is 14.6 Å². The molecule has 2 aromatic heterocycles. The van der Waals surface area contributed by atoms with Crippen molar-refractivity contribution in [2.24, 2.45) is 0 Å². The lowest BCUT2D eigenvalue weighted by molar-refractivity contribution is 0.101. The fourth-order valence-corrected chi connectivity index (χ4v) is 3.06. The number of pyridine rings is 1. The molecule has 2 heterocycles. The highest BCUT2D eigenvalue weighted by Gasteiger charge is 2.20. The van der Waals surface area contributed by atoms with Gasteiger partial charge in [0.25, 0.3) is 5.91 Å². The minimum absolute atomic E-state index is 0.0780. The van der Waals surface area contributed by atoms with Crippen LogP contribution in [0.4, 0.5) is 10.1 Å². The number of ether oxygens (including phenoxy) is 1. The maximum atomic E-state index is 13.0. The number of benzene rings is 2. The number of halogens is 1. The van der Waals surface area contributed by atoms with E-state index in [2.05, 4.69) is 15.5 Å². The first kappa shape index (κ1) is 20.3. The third kappa shape index (κ3) is 5.14. The molecule has 31 heavy (non-hydrogen) atoms. The lowest BCUT2D eigenvalue weighted by Crippen LogP contribution is -2.15. The molecule has 0 fully saturated rings. The minimum atomic E-state index is -0.392. The largest absolute Gasteiger partial charge is 0.489 e. The molecule has 0 atom stereocenters.